The summed E-state index contributed by atoms with van der Waals surface area (Å²) in [6, 6.07) is 0. The van der Waals surface area contributed by atoms with Gasteiger partial charge in [0.25, 0.3) is 0 Å². The van der Waals surface area contributed by atoms with Crippen molar-refractivity contribution in [1.82, 2.24) is 0 Å². The molecule has 0 spiro atoms. The van der Waals surface area contributed by atoms with Crippen molar-refractivity contribution in [3.63, 3.8) is 0 Å². The van der Waals surface area contributed by atoms with Gasteiger partial charge in [0.05, 0.1) is 5.56 Å². The maximum Gasteiger partial charge on any atom is 0.341 e. The molecule has 0 aliphatic carbocycles. The van der Waals surface area contributed by atoms with Crippen molar-refractivity contribution in [2.75, 3.05) is 0 Å². The van der Waals surface area contributed by atoms with Gasteiger partial charge in [0.1, 0.15) is 5.56 Å². The highest BCUT2D eigenvalue weighted by Gasteiger charge is 2.34. The van der Waals surface area contributed by atoms with Gasteiger partial charge in [-0.05, 0) is 0 Å². The van der Waals surface area contributed by atoms with Crippen molar-refractivity contribution in [3.05, 3.63) is 34.4 Å². The first-order valence-electron chi connectivity index (χ1n) is 4.20. The molecule has 0 saturated carbocycles. The summed E-state index contributed by atoms with van der Waals surface area (Å²) in [5, 5.41) is 25.5. The SMILES string of the molecule is O=C(O)c1c(F)c(F)c(C(O)C(=O)O)c(F)c1F. The van der Waals surface area contributed by atoms with Crippen LogP contribution in [-0.4, -0.2) is 27.3 Å². The molecular weight excluding hydrogens is 264 g/mol. The van der Waals surface area contributed by atoms with Crippen LogP contribution in [0.15, 0.2) is 0 Å². The maximum atomic E-state index is 13.2. The minimum absolute atomic E-state index is 1.80. The van der Waals surface area contributed by atoms with E-state index in [1.807, 2.05) is 0 Å². The Kier molecular flexibility index (Phi) is 3.56. The molecule has 5 nitrogen and oxygen atoms in total. The lowest BCUT2D eigenvalue weighted by Gasteiger charge is -2.11. The average molecular weight is 268 g/mol. The first-order chi connectivity index (χ1) is 8.20. The Morgan fingerprint density at radius 1 is 0.889 bits per heavy atom. The predicted octanol–water partition coefficient (Wildman–Crippen LogP) is 1.06. The summed E-state index contributed by atoms with van der Waals surface area (Å²) in [7, 11) is 0. The smallest absolute Gasteiger partial charge is 0.341 e. The van der Waals surface area contributed by atoms with Crippen LogP contribution in [0.3, 0.4) is 0 Å². The van der Waals surface area contributed by atoms with Crippen LogP contribution in [0.25, 0.3) is 0 Å². The molecule has 3 N–H and O–H groups in total. The molecule has 1 rings (SSSR count). The molecule has 0 radical (unpaired) electrons. The zero-order chi connectivity index (χ0) is 14.2. The molecule has 1 atom stereocenters. The fraction of sp³-hybridized carbons (Fsp3) is 0.111. The lowest BCUT2D eigenvalue weighted by Crippen LogP contribution is -2.19. The number of aliphatic carboxylic acids is 1. The fourth-order valence-corrected chi connectivity index (χ4v) is 1.20. The third kappa shape index (κ3) is 1.99. The number of halogens is 4. The van der Waals surface area contributed by atoms with E-state index < -0.39 is 52.4 Å². The van der Waals surface area contributed by atoms with Crippen molar-refractivity contribution in [2.45, 2.75) is 6.10 Å². The summed E-state index contributed by atoms with van der Waals surface area (Å²) in [5.74, 6) is -13.6. The van der Waals surface area contributed by atoms with E-state index in [9.17, 15) is 27.2 Å². The average Bonchev–Trinajstić information content (AvgIpc) is 2.26. The number of rotatable bonds is 3. The number of carboxylic acids is 2. The number of aliphatic hydroxyl groups excluding tert-OH is 1. The van der Waals surface area contributed by atoms with E-state index in [0.717, 1.165) is 0 Å². The lowest BCUT2D eigenvalue weighted by atomic mass is 10.0. The van der Waals surface area contributed by atoms with Crippen molar-refractivity contribution in [1.29, 1.82) is 0 Å². The van der Waals surface area contributed by atoms with Gasteiger partial charge in [-0.25, -0.2) is 27.2 Å². The first-order valence-corrected chi connectivity index (χ1v) is 4.20. The third-order valence-electron chi connectivity index (χ3n) is 2.02. The summed E-state index contributed by atoms with van der Waals surface area (Å²) < 4.78 is 52.6. The molecule has 0 aliphatic heterocycles. The van der Waals surface area contributed by atoms with Gasteiger partial charge in [0.15, 0.2) is 29.4 Å². The molecule has 18 heavy (non-hydrogen) atoms. The Labute approximate surface area is 95.9 Å². The van der Waals surface area contributed by atoms with E-state index >= 15 is 0 Å². The fourth-order valence-electron chi connectivity index (χ4n) is 1.20. The Bertz CT molecular complexity index is 513. The van der Waals surface area contributed by atoms with Crippen LogP contribution >= 0.6 is 0 Å². The summed E-state index contributed by atoms with van der Waals surface area (Å²) in [4.78, 5) is 20.7. The number of carboxylic acid groups (broad SMARTS) is 2. The van der Waals surface area contributed by atoms with E-state index in [2.05, 4.69) is 0 Å². The molecule has 9 heteroatoms. The van der Waals surface area contributed by atoms with Crippen molar-refractivity contribution in [3.8, 4) is 0 Å². The molecule has 98 valence electrons. The summed E-state index contributed by atoms with van der Waals surface area (Å²) in [6.07, 6.45) is -2.86. The van der Waals surface area contributed by atoms with E-state index in [0.29, 0.717) is 0 Å². The normalized spacial score (nSPS) is 12.3. The predicted molar refractivity (Wildman–Crippen MR) is 45.8 cm³/mol. The molecule has 0 saturated heterocycles. The van der Waals surface area contributed by atoms with Crippen molar-refractivity contribution >= 4 is 11.9 Å². The van der Waals surface area contributed by atoms with Gasteiger partial charge in [0.2, 0.25) is 0 Å². The van der Waals surface area contributed by atoms with Crippen LogP contribution in [0.4, 0.5) is 17.6 Å². The Morgan fingerprint density at radius 2 is 1.28 bits per heavy atom. The number of aromatic carboxylic acids is 1. The van der Waals surface area contributed by atoms with E-state index in [-0.39, 0.29) is 0 Å². The van der Waals surface area contributed by atoms with Gasteiger partial charge in [-0.3, -0.25) is 0 Å². The summed E-state index contributed by atoms with van der Waals surface area (Å²) in [6.45, 7) is 0. The standard InChI is InChI=1S/C9H4F4O5/c10-3-1(7(14)9(17)18)4(11)6(13)2(5(3)12)8(15)16/h7,14H,(H,15,16)(H,17,18). The van der Waals surface area contributed by atoms with Crippen LogP contribution in [-0.2, 0) is 4.79 Å². The number of hydrogen-bond acceptors (Lipinski definition) is 3. The van der Waals surface area contributed by atoms with E-state index in [4.69, 9.17) is 15.3 Å². The number of carbonyl (C=O) groups is 2. The molecule has 0 bridgehead atoms. The van der Waals surface area contributed by atoms with Crippen molar-refractivity contribution < 1.29 is 42.5 Å². The van der Waals surface area contributed by atoms with Crippen LogP contribution in [0.5, 0.6) is 0 Å². The van der Waals surface area contributed by atoms with Gasteiger partial charge >= 0.3 is 11.9 Å². The zero-order valence-corrected chi connectivity index (χ0v) is 8.25. The molecule has 1 unspecified atom stereocenters. The first kappa shape index (κ1) is 13.9. The van der Waals surface area contributed by atoms with E-state index in [1.165, 1.54) is 0 Å². The molecule has 1 aromatic rings. The monoisotopic (exact) mass is 268 g/mol. The second-order valence-electron chi connectivity index (χ2n) is 3.09. The lowest BCUT2D eigenvalue weighted by molar-refractivity contribution is -0.147. The molecule has 0 aromatic heterocycles. The molecule has 1 aromatic carbocycles. The summed E-state index contributed by atoms with van der Waals surface area (Å²) in [5.41, 5.74) is -3.71. The number of benzene rings is 1. The molecule has 0 heterocycles. The Morgan fingerprint density at radius 3 is 1.56 bits per heavy atom. The minimum atomic E-state index is -2.86. The quantitative estimate of drug-likeness (QED) is 0.562. The van der Waals surface area contributed by atoms with E-state index in [1.54, 1.807) is 0 Å². The van der Waals surface area contributed by atoms with Crippen LogP contribution in [0, 0.1) is 23.3 Å². The van der Waals surface area contributed by atoms with Gasteiger partial charge < -0.3 is 15.3 Å². The van der Waals surface area contributed by atoms with Crippen LogP contribution < -0.4 is 0 Å². The maximum absolute atomic E-state index is 13.2. The van der Waals surface area contributed by atoms with Gasteiger partial charge in [0, 0.05) is 0 Å². The van der Waals surface area contributed by atoms with Crippen molar-refractivity contribution in [2.24, 2.45) is 0 Å². The third-order valence-corrected chi connectivity index (χ3v) is 2.02. The molecule has 0 aliphatic rings. The highest BCUT2D eigenvalue weighted by atomic mass is 19.2. The molecular formula is C9H4F4O5. The Hall–Kier alpha value is -2.16. The van der Waals surface area contributed by atoms with Crippen LogP contribution in [0.2, 0.25) is 0 Å². The highest BCUT2D eigenvalue weighted by molar-refractivity contribution is 5.88. The summed E-state index contributed by atoms with van der Waals surface area (Å²) >= 11 is 0. The number of aliphatic hydroxyl groups is 1. The Balaban J connectivity index is 3.69. The zero-order valence-electron chi connectivity index (χ0n) is 8.25. The van der Waals surface area contributed by atoms with Gasteiger partial charge in [-0.15, -0.1) is 0 Å². The second kappa shape index (κ2) is 4.61. The highest BCUT2D eigenvalue weighted by Crippen LogP contribution is 2.28. The van der Waals surface area contributed by atoms with Gasteiger partial charge in [-0.2, -0.15) is 0 Å². The number of hydrogen-bond donors (Lipinski definition) is 3. The topological polar surface area (TPSA) is 94.8 Å². The second-order valence-corrected chi connectivity index (χ2v) is 3.09. The largest absolute Gasteiger partial charge is 0.479 e. The molecule has 0 amide bonds. The van der Waals surface area contributed by atoms with Gasteiger partial charge in [-0.1, -0.05) is 0 Å². The minimum Gasteiger partial charge on any atom is -0.479 e. The molecule has 0 fully saturated rings. The van der Waals surface area contributed by atoms with Crippen LogP contribution in [0.1, 0.15) is 22.0 Å².